The number of rotatable bonds is 5. The lowest BCUT2D eigenvalue weighted by Crippen LogP contribution is -2.36. The molecule has 1 aliphatic heterocycles. The smallest absolute Gasteiger partial charge is 0.228 e. The van der Waals surface area contributed by atoms with Crippen LogP contribution in [0.4, 0.5) is 0 Å². The minimum Gasteiger partial charge on any atom is -0.361 e. The van der Waals surface area contributed by atoms with Crippen molar-refractivity contribution in [3.63, 3.8) is 0 Å². The van der Waals surface area contributed by atoms with Crippen molar-refractivity contribution in [2.24, 2.45) is 13.0 Å². The summed E-state index contributed by atoms with van der Waals surface area (Å²) in [6.45, 7) is 6.63. The minimum atomic E-state index is -0.427. The van der Waals surface area contributed by atoms with E-state index in [4.69, 9.17) is 4.52 Å². The lowest BCUT2D eigenvalue weighted by atomic mass is 9.92. The second-order valence-corrected chi connectivity index (χ2v) is 6.87. The second-order valence-electron chi connectivity index (χ2n) is 6.87. The molecule has 0 radical (unpaired) electrons. The molecule has 1 fully saturated rings. The van der Waals surface area contributed by atoms with Gasteiger partial charge in [-0.25, -0.2) is 0 Å². The normalized spacial score (nSPS) is 20.0. The van der Waals surface area contributed by atoms with Gasteiger partial charge in [0.1, 0.15) is 11.5 Å². The maximum Gasteiger partial charge on any atom is 0.228 e. The zero-order chi connectivity index (χ0) is 19.0. The van der Waals surface area contributed by atoms with Crippen LogP contribution in [0.5, 0.6) is 0 Å². The van der Waals surface area contributed by atoms with Crippen LogP contribution in [0.15, 0.2) is 16.8 Å². The maximum absolute atomic E-state index is 13.1. The average molecular weight is 359 g/mol. The first kappa shape index (κ1) is 18.2. The lowest BCUT2D eigenvalue weighted by Gasteiger charge is -2.29. The van der Waals surface area contributed by atoms with E-state index in [1.165, 1.54) is 0 Å². The van der Waals surface area contributed by atoms with Gasteiger partial charge >= 0.3 is 0 Å². The molecule has 26 heavy (non-hydrogen) atoms. The van der Waals surface area contributed by atoms with Gasteiger partial charge < -0.3 is 14.3 Å². The highest BCUT2D eigenvalue weighted by atomic mass is 16.5. The van der Waals surface area contributed by atoms with E-state index in [2.05, 4.69) is 10.3 Å². The fourth-order valence-electron chi connectivity index (χ4n) is 3.67. The van der Waals surface area contributed by atoms with Crippen molar-refractivity contribution in [2.45, 2.75) is 39.8 Å². The summed E-state index contributed by atoms with van der Waals surface area (Å²) in [4.78, 5) is 29.0. The van der Waals surface area contributed by atoms with E-state index in [1.54, 1.807) is 27.7 Å². The molecule has 2 aromatic rings. The summed E-state index contributed by atoms with van der Waals surface area (Å²) in [6, 6.07) is 1.53. The summed E-state index contributed by atoms with van der Waals surface area (Å²) in [5.41, 5.74) is 2.60. The predicted molar refractivity (Wildman–Crippen MR) is 93.9 cm³/mol. The molecule has 2 atom stereocenters. The number of carbonyl (C=O) groups is 2. The van der Waals surface area contributed by atoms with E-state index in [1.807, 2.05) is 33.9 Å². The monoisotopic (exact) mass is 359 g/mol. The molecule has 2 amide bonds. The van der Waals surface area contributed by atoms with Crippen molar-refractivity contribution in [1.82, 2.24) is 24.7 Å². The molecule has 8 heteroatoms. The number of likely N-dealkylation sites (tertiary alicyclic amines) is 1. The van der Waals surface area contributed by atoms with Gasteiger partial charge in [-0.3, -0.25) is 14.3 Å². The zero-order valence-electron chi connectivity index (χ0n) is 15.9. The largest absolute Gasteiger partial charge is 0.361 e. The number of carbonyl (C=O) groups excluding carboxylic acids is 2. The minimum absolute atomic E-state index is 0.00443. The van der Waals surface area contributed by atoms with Gasteiger partial charge in [-0.2, -0.15) is 5.10 Å². The van der Waals surface area contributed by atoms with Crippen molar-refractivity contribution in [1.29, 1.82) is 0 Å². The summed E-state index contributed by atoms with van der Waals surface area (Å²) in [5.74, 6) is 0.217. The van der Waals surface area contributed by atoms with Crippen molar-refractivity contribution >= 4 is 11.8 Å². The highest BCUT2D eigenvalue weighted by Gasteiger charge is 2.45. The van der Waals surface area contributed by atoms with Crippen molar-refractivity contribution in [3.05, 3.63) is 35.0 Å². The molecule has 3 rings (SSSR count). The molecule has 140 valence electrons. The first-order chi connectivity index (χ1) is 12.3. The van der Waals surface area contributed by atoms with E-state index >= 15 is 0 Å². The number of aryl methyl sites for hydroxylation is 2. The van der Waals surface area contributed by atoms with Crippen LogP contribution in [0.2, 0.25) is 0 Å². The summed E-state index contributed by atoms with van der Waals surface area (Å²) < 4.78 is 6.84. The van der Waals surface area contributed by atoms with Crippen LogP contribution in [0.25, 0.3) is 0 Å². The van der Waals surface area contributed by atoms with Crippen LogP contribution in [0, 0.1) is 19.8 Å². The Bertz CT molecular complexity index is 825. The quantitative estimate of drug-likeness (QED) is 0.809. The first-order valence-electron chi connectivity index (χ1n) is 8.78. The topological polar surface area (TPSA) is 84.5 Å². The van der Waals surface area contributed by atoms with Crippen molar-refractivity contribution in [3.8, 4) is 0 Å². The first-order valence-corrected chi connectivity index (χ1v) is 8.78. The molecular weight excluding hydrogens is 334 g/mol. The highest BCUT2D eigenvalue weighted by Crippen LogP contribution is 2.40. The summed E-state index contributed by atoms with van der Waals surface area (Å²) >= 11 is 0. The van der Waals surface area contributed by atoms with Crippen LogP contribution >= 0.6 is 0 Å². The lowest BCUT2D eigenvalue weighted by molar-refractivity contribution is -0.135. The Labute approximate surface area is 152 Å². The maximum atomic E-state index is 13.1. The zero-order valence-corrected chi connectivity index (χ0v) is 15.9. The number of aromatic nitrogens is 3. The van der Waals surface area contributed by atoms with Gasteiger partial charge in [0, 0.05) is 44.4 Å². The molecule has 3 heterocycles. The fraction of sp³-hybridized carbons (Fsp3) is 0.556. The molecule has 8 nitrogen and oxygen atoms in total. The third-order valence-electron chi connectivity index (χ3n) is 5.13. The Hall–Kier alpha value is -2.64. The molecule has 1 aliphatic rings. The standard InChI is InChI=1S/C18H25N5O3/c1-6-23-16(24)8-14(17(23)15-9-19-22(5)12(15)3)18(25)21(4)10-13-7-11(2)26-20-13/h7,9,14,17H,6,8,10H2,1-5H3/t14-,17-/m0/s1. The second kappa shape index (κ2) is 6.93. The molecule has 0 bridgehead atoms. The van der Waals surface area contributed by atoms with E-state index < -0.39 is 5.92 Å². The Balaban J connectivity index is 1.87. The Morgan fingerprint density at radius 3 is 2.69 bits per heavy atom. The molecule has 0 N–H and O–H groups in total. The average Bonchev–Trinajstić information content (AvgIpc) is 3.25. The molecule has 0 aromatic carbocycles. The summed E-state index contributed by atoms with van der Waals surface area (Å²) in [7, 11) is 3.60. The van der Waals surface area contributed by atoms with E-state index in [9.17, 15) is 9.59 Å². The van der Waals surface area contributed by atoms with Gasteiger partial charge in [0.25, 0.3) is 0 Å². The van der Waals surface area contributed by atoms with Crippen LogP contribution < -0.4 is 0 Å². The van der Waals surface area contributed by atoms with Crippen LogP contribution in [-0.2, 0) is 23.2 Å². The van der Waals surface area contributed by atoms with Crippen molar-refractivity contribution < 1.29 is 14.1 Å². The number of hydrogen-bond acceptors (Lipinski definition) is 5. The van der Waals surface area contributed by atoms with E-state index in [0.717, 1.165) is 11.3 Å². The van der Waals surface area contributed by atoms with Gasteiger partial charge in [0.2, 0.25) is 11.8 Å². The molecule has 0 spiro atoms. The van der Waals surface area contributed by atoms with Crippen molar-refractivity contribution in [2.75, 3.05) is 13.6 Å². The molecule has 0 aliphatic carbocycles. The van der Waals surface area contributed by atoms with Crippen LogP contribution in [0.3, 0.4) is 0 Å². The Morgan fingerprint density at radius 2 is 2.15 bits per heavy atom. The fourth-order valence-corrected chi connectivity index (χ4v) is 3.67. The van der Waals surface area contributed by atoms with Gasteiger partial charge in [0.15, 0.2) is 0 Å². The van der Waals surface area contributed by atoms with Crippen LogP contribution in [-0.4, -0.2) is 50.1 Å². The Kier molecular flexibility index (Phi) is 4.84. The third kappa shape index (κ3) is 3.11. The molecule has 0 unspecified atom stereocenters. The molecule has 2 aromatic heterocycles. The van der Waals surface area contributed by atoms with E-state index in [0.29, 0.717) is 24.5 Å². The Morgan fingerprint density at radius 1 is 1.42 bits per heavy atom. The van der Waals surface area contributed by atoms with Gasteiger partial charge in [0.05, 0.1) is 24.7 Å². The highest BCUT2D eigenvalue weighted by molar-refractivity contribution is 5.90. The number of nitrogens with zero attached hydrogens (tertiary/aromatic N) is 5. The molecule has 1 saturated heterocycles. The number of hydrogen-bond donors (Lipinski definition) is 0. The number of amides is 2. The van der Waals surface area contributed by atoms with Gasteiger partial charge in [-0.15, -0.1) is 0 Å². The SMILES string of the molecule is CCN1C(=O)C[C@H](C(=O)N(C)Cc2cc(C)on2)[C@H]1c1cnn(C)c1C. The predicted octanol–water partition coefficient (Wildman–Crippen LogP) is 1.59. The van der Waals surface area contributed by atoms with E-state index in [-0.39, 0.29) is 24.3 Å². The molecule has 0 saturated carbocycles. The summed E-state index contributed by atoms with van der Waals surface area (Å²) in [5, 5.41) is 8.24. The summed E-state index contributed by atoms with van der Waals surface area (Å²) in [6.07, 6.45) is 1.98. The van der Waals surface area contributed by atoms with Gasteiger partial charge in [-0.1, -0.05) is 5.16 Å². The van der Waals surface area contributed by atoms with Gasteiger partial charge in [-0.05, 0) is 20.8 Å². The van der Waals surface area contributed by atoms with Crippen LogP contribution in [0.1, 0.15) is 42.1 Å². The third-order valence-corrected chi connectivity index (χ3v) is 5.13. The molecular formula is C18H25N5O3.